The van der Waals surface area contributed by atoms with Gasteiger partial charge < -0.3 is 9.47 Å². The van der Waals surface area contributed by atoms with Crippen molar-refractivity contribution < 1.29 is 19.1 Å². The Kier molecular flexibility index (Phi) is 6.57. The number of amides is 2. The second kappa shape index (κ2) is 9.47. The van der Waals surface area contributed by atoms with Gasteiger partial charge in [-0.3, -0.25) is 9.59 Å². The van der Waals surface area contributed by atoms with E-state index in [1.54, 1.807) is 12.1 Å². The van der Waals surface area contributed by atoms with Gasteiger partial charge in [0.1, 0.15) is 6.61 Å². The highest BCUT2D eigenvalue weighted by atomic mass is 79.9. The summed E-state index contributed by atoms with van der Waals surface area (Å²) in [5, 5.41) is 5.60. The van der Waals surface area contributed by atoms with Gasteiger partial charge in [-0.15, -0.1) is 0 Å². The van der Waals surface area contributed by atoms with E-state index in [2.05, 4.69) is 49.1 Å². The van der Waals surface area contributed by atoms with Crippen molar-refractivity contribution in [3.8, 4) is 11.5 Å². The van der Waals surface area contributed by atoms with E-state index in [-0.39, 0.29) is 42.1 Å². The molecule has 2 bridgehead atoms. The molecule has 6 nitrogen and oxygen atoms in total. The Labute approximate surface area is 219 Å². The van der Waals surface area contributed by atoms with E-state index in [4.69, 9.17) is 21.1 Å². The molecule has 1 saturated heterocycles. The number of hydrazone groups is 1. The van der Waals surface area contributed by atoms with Crippen LogP contribution >= 0.6 is 43.5 Å². The molecule has 4 atom stereocenters. The number of benzene rings is 2. The number of hydrogen-bond acceptors (Lipinski definition) is 5. The minimum atomic E-state index is -0.282. The first kappa shape index (κ1) is 23.6. The summed E-state index contributed by atoms with van der Waals surface area (Å²) in [6.45, 7) is 2.57. The minimum Gasteiger partial charge on any atom is -0.490 e. The zero-order chi connectivity index (χ0) is 24.0. The van der Waals surface area contributed by atoms with Gasteiger partial charge in [-0.25, -0.2) is 0 Å². The molecule has 2 aromatic carbocycles. The highest BCUT2D eigenvalue weighted by molar-refractivity contribution is 9.11. The van der Waals surface area contributed by atoms with Crippen LogP contribution in [-0.2, 0) is 16.2 Å². The summed E-state index contributed by atoms with van der Waals surface area (Å²) in [6.07, 6.45) is 6.47. The first-order chi connectivity index (χ1) is 16.4. The predicted octanol–water partition coefficient (Wildman–Crippen LogP) is 5.98. The average molecular weight is 609 g/mol. The molecular weight excluding hydrogens is 588 g/mol. The Bertz CT molecular complexity index is 1200. The number of fused-ring (bicyclic) bond motifs is 5. The van der Waals surface area contributed by atoms with Crippen LogP contribution in [0.25, 0.3) is 0 Å². The third-order valence-electron chi connectivity index (χ3n) is 6.49. The van der Waals surface area contributed by atoms with E-state index < -0.39 is 0 Å². The smallest absolute Gasteiger partial charge is 0.254 e. The zero-order valence-electron chi connectivity index (χ0n) is 18.2. The summed E-state index contributed by atoms with van der Waals surface area (Å²) < 4.78 is 13.6. The van der Waals surface area contributed by atoms with Crippen LogP contribution in [0.1, 0.15) is 24.5 Å². The van der Waals surface area contributed by atoms with E-state index in [1.165, 1.54) is 6.21 Å². The molecule has 0 N–H and O–H groups in total. The normalized spacial score (nSPS) is 25.0. The van der Waals surface area contributed by atoms with Gasteiger partial charge in [-0.2, -0.15) is 10.1 Å². The number of imide groups is 1. The number of carbonyl (C=O) groups is 2. The monoisotopic (exact) mass is 606 g/mol. The number of halogens is 3. The Hall–Kier alpha value is -2.16. The molecule has 9 heteroatoms. The Morgan fingerprint density at radius 3 is 2.44 bits per heavy atom. The quantitative estimate of drug-likeness (QED) is 0.220. The van der Waals surface area contributed by atoms with Crippen LogP contribution in [0.3, 0.4) is 0 Å². The molecule has 0 radical (unpaired) electrons. The van der Waals surface area contributed by atoms with Crippen molar-refractivity contribution in [1.82, 2.24) is 5.01 Å². The lowest BCUT2D eigenvalue weighted by atomic mass is 9.85. The van der Waals surface area contributed by atoms with Crippen molar-refractivity contribution in [3.05, 3.63) is 67.6 Å². The third-order valence-corrected chi connectivity index (χ3v) is 8.00. The molecule has 2 aromatic rings. The Morgan fingerprint density at radius 2 is 1.79 bits per heavy atom. The van der Waals surface area contributed by atoms with Gasteiger partial charge in [0.05, 0.1) is 29.7 Å². The summed E-state index contributed by atoms with van der Waals surface area (Å²) in [6, 6.07) is 9.24. The topological polar surface area (TPSA) is 68.2 Å². The second-order valence-electron chi connectivity index (χ2n) is 8.52. The number of hydrogen-bond donors (Lipinski definition) is 0. The first-order valence-corrected chi connectivity index (χ1v) is 13.0. The van der Waals surface area contributed by atoms with Crippen LogP contribution in [0.5, 0.6) is 11.5 Å². The number of carbonyl (C=O) groups excluding carboxylic acids is 2. The largest absolute Gasteiger partial charge is 0.490 e. The number of rotatable bonds is 7. The van der Waals surface area contributed by atoms with Crippen molar-refractivity contribution >= 4 is 61.5 Å². The van der Waals surface area contributed by atoms with Crippen LogP contribution < -0.4 is 9.47 Å². The molecule has 5 rings (SSSR count). The molecule has 34 heavy (non-hydrogen) atoms. The molecule has 1 saturated carbocycles. The van der Waals surface area contributed by atoms with Crippen molar-refractivity contribution in [1.29, 1.82) is 0 Å². The molecule has 0 aromatic heterocycles. The maximum absolute atomic E-state index is 12.8. The fourth-order valence-corrected chi connectivity index (χ4v) is 6.41. The zero-order valence-corrected chi connectivity index (χ0v) is 22.1. The Morgan fingerprint density at radius 1 is 1.09 bits per heavy atom. The van der Waals surface area contributed by atoms with Gasteiger partial charge in [-0.1, -0.05) is 61.7 Å². The van der Waals surface area contributed by atoms with Crippen LogP contribution in [-0.4, -0.2) is 29.6 Å². The van der Waals surface area contributed by atoms with Crippen LogP contribution in [0, 0.1) is 23.7 Å². The van der Waals surface area contributed by atoms with E-state index in [0.29, 0.717) is 28.7 Å². The predicted molar refractivity (Wildman–Crippen MR) is 136 cm³/mol. The number of nitrogens with zero attached hydrogens (tertiary/aromatic N) is 2. The lowest BCUT2D eigenvalue weighted by Gasteiger charge is -2.15. The maximum atomic E-state index is 12.8. The lowest BCUT2D eigenvalue weighted by molar-refractivity contribution is -0.140. The number of ether oxygens (including phenoxy) is 2. The molecule has 1 heterocycles. The summed E-state index contributed by atoms with van der Waals surface area (Å²) in [5.41, 5.74) is 1.55. The molecule has 0 unspecified atom stereocenters. The summed E-state index contributed by atoms with van der Waals surface area (Å²) in [7, 11) is 0. The van der Waals surface area contributed by atoms with Gasteiger partial charge in [0.15, 0.2) is 11.5 Å². The minimum absolute atomic E-state index is 0.146. The highest BCUT2D eigenvalue weighted by Crippen LogP contribution is 2.52. The van der Waals surface area contributed by atoms with E-state index in [1.807, 2.05) is 25.1 Å². The fraction of sp³-hybridized carbons (Fsp3) is 0.320. The van der Waals surface area contributed by atoms with Gasteiger partial charge in [0, 0.05) is 14.5 Å². The van der Waals surface area contributed by atoms with E-state index in [9.17, 15) is 9.59 Å². The maximum Gasteiger partial charge on any atom is 0.254 e. The number of allylic oxidation sites excluding steroid dienone is 2. The average Bonchev–Trinajstić information content (AvgIpc) is 3.47. The van der Waals surface area contributed by atoms with Crippen LogP contribution in [0.4, 0.5) is 0 Å². The van der Waals surface area contributed by atoms with Crippen molar-refractivity contribution in [2.45, 2.75) is 20.0 Å². The summed E-state index contributed by atoms with van der Waals surface area (Å²) in [4.78, 5) is 25.7. The SMILES string of the molecule is CCOc1cc(C=NN2C(=O)[C@@H]3[C@H](C2=O)[C@H]2C=C[C@H]3C2)cc(Cl)c1OCc1ccc(Br)cc1Br. The molecular formula is C25H21Br2ClN2O4. The standard InChI is InChI=1S/C25H21Br2ClN2O4/c1-2-33-20-8-13(7-19(28)23(20)34-12-16-5-6-17(26)10-18(16)27)11-29-30-24(31)21-14-3-4-15(9-14)22(21)25(30)32/h3-8,10-11,14-15,21-22H,2,9,12H2,1H3/t14-,15-,21-,22+/m0/s1. The van der Waals surface area contributed by atoms with Gasteiger partial charge in [-0.05, 0) is 55.0 Å². The fourth-order valence-electron chi connectivity index (χ4n) is 4.98. The molecule has 0 spiro atoms. The van der Waals surface area contributed by atoms with Gasteiger partial charge >= 0.3 is 0 Å². The Balaban J connectivity index is 1.35. The highest BCUT2D eigenvalue weighted by Gasteiger charge is 2.59. The van der Waals surface area contributed by atoms with Crippen molar-refractivity contribution in [3.63, 3.8) is 0 Å². The molecule has 2 amide bonds. The third kappa shape index (κ3) is 4.20. The van der Waals surface area contributed by atoms with Crippen molar-refractivity contribution in [2.24, 2.45) is 28.8 Å². The lowest BCUT2D eigenvalue weighted by Crippen LogP contribution is -2.28. The summed E-state index contributed by atoms with van der Waals surface area (Å²) in [5.74, 6) is 0.162. The summed E-state index contributed by atoms with van der Waals surface area (Å²) >= 11 is 13.5. The molecule has 3 aliphatic rings. The molecule has 2 aliphatic carbocycles. The van der Waals surface area contributed by atoms with Crippen molar-refractivity contribution in [2.75, 3.05) is 6.61 Å². The van der Waals surface area contributed by atoms with E-state index in [0.717, 1.165) is 25.9 Å². The second-order valence-corrected chi connectivity index (χ2v) is 10.7. The van der Waals surface area contributed by atoms with Crippen LogP contribution in [0.2, 0.25) is 5.02 Å². The molecule has 2 fully saturated rings. The molecule has 1 aliphatic heterocycles. The molecule has 176 valence electrons. The first-order valence-electron chi connectivity index (χ1n) is 11.0. The van der Waals surface area contributed by atoms with E-state index >= 15 is 0 Å². The van der Waals surface area contributed by atoms with Gasteiger partial charge in [0.2, 0.25) is 0 Å². The van der Waals surface area contributed by atoms with Gasteiger partial charge in [0.25, 0.3) is 11.8 Å². The van der Waals surface area contributed by atoms with Crippen LogP contribution in [0.15, 0.2) is 56.5 Å².